The molecule has 1 heterocycles. The predicted octanol–water partition coefficient (Wildman–Crippen LogP) is 5.82. The summed E-state index contributed by atoms with van der Waals surface area (Å²) >= 11 is 8.86. The zero-order valence-corrected chi connectivity index (χ0v) is 17.5. The van der Waals surface area contributed by atoms with Gasteiger partial charge in [0.25, 0.3) is 0 Å². The largest absolute Gasteiger partial charge is 0.494 e. The van der Waals surface area contributed by atoms with Crippen molar-refractivity contribution < 1.29 is 4.74 Å². The molecule has 27 heavy (non-hydrogen) atoms. The Balaban J connectivity index is 1.74. The van der Waals surface area contributed by atoms with Crippen LogP contribution in [-0.4, -0.2) is 27.7 Å². The Morgan fingerprint density at radius 1 is 1.19 bits per heavy atom. The lowest BCUT2D eigenvalue weighted by Crippen LogP contribution is -1.97. The van der Waals surface area contributed by atoms with E-state index in [1.807, 2.05) is 48.5 Å². The fourth-order valence-electron chi connectivity index (χ4n) is 2.53. The fourth-order valence-corrected chi connectivity index (χ4v) is 3.17. The zero-order chi connectivity index (χ0) is 19.1. The molecule has 0 aliphatic rings. The van der Waals surface area contributed by atoms with E-state index in [1.54, 1.807) is 10.9 Å². The Hall–Kier alpha value is -2.25. The molecule has 0 spiro atoms. The molecule has 2 aromatic carbocycles. The van der Waals surface area contributed by atoms with E-state index < -0.39 is 0 Å². The van der Waals surface area contributed by atoms with E-state index in [0.29, 0.717) is 10.6 Å². The topological polar surface area (TPSA) is 55.2 Å². The Morgan fingerprint density at radius 2 is 1.96 bits per heavy atom. The highest BCUT2D eigenvalue weighted by molar-refractivity contribution is 9.10. The molecule has 0 aliphatic carbocycles. The molecule has 7 heteroatoms. The standard InChI is InChI=1S/C20H21BrN4OS/c1-2-3-6-13-26-16-11-9-15(10-12-16)14-22-25-19(23-24-20(25)27)17-7-4-5-8-18(17)21/h4-5,7-12,14H,2-3,6,13H2,1H3,(H,24,27). The summed E-state index contributed by atoms with van der Waals surface area (Å²) in [5, 5.41) is 11.6. The number of aromatic amines is 1. The van der Waals surface area contributed by atoms with E-state index in [9.17, 15) is 0 Å². The average Bonchev–Trinajstić information content (AvgIpc) is 3.05. The van der Waals surface area contributed by atoms with Crippen molar-refractivity contribution in [3.63, 3.8) is 0 Å². The van der Waals surface area contributed by atoms with Crippen molar-refractivity contribution in [3.05, 3.63) is 63.3 Å². The minimum absolute atomic E-state index is 0.438. The molecule has 0 unspecified atom stereocenters. The van der Waals surface area contributed by atoms with Crippen molar-refractivity contribution in [1.29, 1.82) is 0 Å². The van der Waals surface area contributed by atoms with Crippen LogP contribution in [0, 0.1) is 4.77 Å². The molecule has 0 saturated carbocycles. The number of H-pyrrole nitrogens is 1. The molecule has 0 amide bonds. The zero-order valence-electron chi connectivity index (χ0n) is 15.1. The number of nitrogens with zero attached hydrogens (tertiary/aromatic N) is 3. The van der Waals surface area contributed by atoms with E-state index in [2.05, 4.69) is 38.2 Å². The first-order chi connectivity index (χ1) is 13.2. The van der Waals surface area contributed by atoms with Gasteiger partial charge in [-0.1, -0.05) is 47.8 Å². The highest BCUT2D eigenvalue weighted by atomic mass is 79.9. The van der Waals surface area contributed by atoms with Crippen LogP contribution in [0.15, 0.2) is 58.1 Å². The molecule has 0 atom stereocenters. The minimum atomic E-state index is 0.438. The van der Waals surface area contributed by atoms with Crippen LogP contribution in [0.2, 0.25) is 0 Å². The van der Waals surface area contributed by atoms with Gasteiger partial charge < -0.3 is 4.74 Å². The third kappa shape index (κ3) is 5.14. The van der Waals surface area contributed by atoms with Gasteiger partial charge in [0.2, 0.25) is 4.77 Å². The molecule has 0 radical (unpaired) electrons. The van der Waals surface area contributed by atoms with Gasteiger partial charge in [-0.3, -0.25) is 0 Å². The maximum Gasteiger partial charge on any atom is 0.216 e. The molecule has 140 valence electrons. The van der Waals surface area contributed by atoms with Gasteiger partial charge in [0.05, 0.1) is 12.8 Å². The number of unbranched alkanes of at least 4 members (excludes halogenated alkanes) is 2. The smallest absolute Gasteiger partial charge is 0.216 e. The van der Waals surface area contributed by atoms with Crippen LogP contribution in [0.3, 0.4) is 0 Å². The molecule has 0 aliphatic heterocycles. The molecule has 1 N–H and O–H groups in total. The summed E-state index contributed by atoms with van der Waals surface area (Å²) in [6.45, 7) is 2.93. The normalized spacial score (nSPS) is 11.2. The van der Waals surface area contributed by atoms with Crippen molar-refractivity contribution >= 4 is 34.4 Å². The Bertz CT molecular complexity index is 963. The van der Waals surface area contributed by atoms with E-state index in [4.69, 9.17) is 17.0 Å². The second-order valence-electron chi connectivity index (χ2n) is 6.01. The van der Waals surface area contributed by atoms with Crippen LogP contribution in [0.5, 0.6) is 5.75 Å². The number of rotatable bonds is 8. The maximum atomic E-state index is 5.74. The lowest BCUT2D eigenvalue weighted by Gasteiger charge is -2.06. The van der Waals surface area contributed by atoms with Crippen LogP contribution >= 0.6 is 28.1 Å². The molecule has 3 aromatic rings. The molecule has 0 bridgehead atoms. The minimum Gasteiger partial charge on any atom is -0.494 e. The quantitative estimate of drug-likeness (QED) is 0.270. The van der Waals surface area contributed by atoms with Crippen LogP contribution in [0.1, 0.15) is 31.7 Å². The first kappa shape index (κ1) is 19.5. The number of nitrogens with one attached hydrogen (secondary N) is 1. The van der Waals surface area contributed by atoms with Crippen LogP contribution < -0.4 is 4.74 Å². The first-order valence-electron chi connectivity index (χ1n) is 8.88. The summed E-state index contributed by atoms with van der Waals surface area (Å²) in [4.78, 5) is 0. The van der Waals surface area contributed by atoms with Gasteiger partial charge in [-0.2, -0.15) is 14.9 Å². The van der Waals surface area contributed by atoms with Gasteiger partial charge in [-0.05, 0) is 60.6 Å². The average molecular weight is 445 g/mol. The van der Waals surface area contributed by atoms with Crippen molar-refractivity contribution in [2.24, 2.45) is 5.10 Å². The van der Waals surface area contributed by atoms with Crippen molar-refractivity contribution in [2.45, 2.75) is 26.2 Å². The second kappa shape index (κ2) is 9.62. The maximum absolute atomic E-state index is 5.74. The molecule has 5 nitrogen and oxygen atoms in total. The summed E-state index contributed by atoms with van der Waals surface area (Å²) in [6, 6.07) is 15.7. The lowest BCUT2D eigenvalue weighted by atomic mass is 10.2. The number of benzene rings is 2. The van der Waals surface area contributed by atoms with E-state index in [1.165, 1.54) is 12.8 Å². The van der Waals surface area contributed by atoms with Crippen molar-refractivity contribution in [2.75, 3.05) is 6.61 Å². The molecule has 0 saturated heterocycles. The van der Waals surface area contributed by atoms with E-state index in [-0.39, 0.29) is 0 Å². The lowest BCUT2D eigenvalue weighted by molar-refractivity contribution is 0.306. The van der Waals surface area contributed by atoms with Crippen LogP contribution in [-0.2, 0) is 0 Å². The molecule has 1 aromatic heterocycles. The van der Waals surface area contributed by atoms with E-state index in [0.717, 1.165) is 34.4 Å². The summed E-state index contributed by atoms with van der Waals surface area (Å²) < 4.78 is 8.72. The van der Waals surface area contributed by atoms with Crippen molar-refractivity contribution in [3.8, 4) is 17.1 Å². The number of aromatic nitrogens is 3. The predicted molar refractivity (Wildman–Crippen MR) is 115 cm³/mol. The monoisotopic (exact) mass is 444 g/mol. The molecule has 0 fully saturated rings. The van der Waals surface area contributed by atoms with Crippen molar-refractivity contribution in [1.82, 2.24) is 14.9 Å². The summed E-state index contributed by atoms with van der Waals surface area (Å²) in [5.41, 5.74) is 1.87. The summed E-state index contributed by atoms with van der Waals surface area (Å²) in [6.07, 6.45) is 5.22. The fraction of sp³-hybridized carbons (Fsp3) is 0.250. The number of ether oxygens (including phenoxy) is 1. The first-order valence-corrected chi connectivity index (χ1v) is 10.1. The third-order valence-corrected chi connectivity index (χ3v) is 4.94. The summed E-state index contributed by atoms with van der Waals surface area (Å²) in [5.74, 6) is 1.52. The van der Waals surface area contributed by atoms with Gasteiger partial charge in [0.1, 0.15) is 5.75 Å². The molecular weight excluding hydrogens is 424 g/mol. The third-order valence-electron chi connectivity index (χ3n) is 3.98. The highest BCUT2D eigenvalue weighted by Gasteiger charge is 2.10. The Morgan fingerprint density at radius 3 is 2.70 bits per heavy atom. The van der Waals surface area contributed by atoms with Gasteiger partial charge >= 0.3 is 0 Å². The second-order valence-corrected chi connectivity index (χ2v) is 7.25. The Kier molecular flexibility index (Phi) is 6.95. The van der Waals surface area contributed by atoms with Crippen LogP contribution in [0.25, 0.3) is 11.4 Å². The van der Waals surface area contributed by atoms with E-state index >= 15 is 0 Å². The van der Waals surface area contributed by atoms with Crippen LogP contribution in [0.4, 0.5) is 0 Å². The van der Waals surface area contributed by atoms with Gasteiger partial charge in [0, 0.05) is 10.0 Å². The van der Waals surface area contributed by atoms with Gasteiger partial charge in [-0.15, -0.1) is 0 Å². The molecular formula is C20H21BrN4OS. The SMILES string of the molecule is CCCCCOc1ccc(C=Nn2c(-c3ccccc3Br)n[nH]c2=S)cc1. The number of hydrogen-bond acceptors (Lipinski definition) is 4. The highest BCUT2D eigenvalue weighted by Crippen LogP contribution is 2.26. The molecule has 3 rings (SSSR count). The number of halogens is 1. The van der Waals surface area contributed by atoms with Gasteiger partial charge in [0.15, 0.2) is 5.82 Å². The number of hydrogen-bond donors (Lipinski definition) is 1. The Labute approximate surface area is 172 Å². The van der Waals surface area contributed by atoms with Gasteiger partial charge in [-0.25, -0.2) is 5.10 Å². The summed E-state index contributed by atoms with van der Waals surface area (Å²) in [7, 11) is 0.